The average Bonchev–Trinajstić information content (AvgIpc) is 2.15. The zero-order chi connectivity index (χ0) is 11.8. The molecule has 0 N–H and O–H groups in total. The summed E-state index contributed by atoms with van der Waals surface area (Å²) in [5, 5.41) is 0. The van der Waals surface area contributed by atoms with Gasteiger partial charge in [-0.2, -0.15) is 4.36 Å². The number of methoxy groups -OCH3 is 1. The molecule has 0 aromatic heterocycles. The summed E-state index contributed by atoms with van der Waals surface area (Å²) < 4.78 is 46.8. The van der Waals surface area contributed by atoms with E-state index >= 15 is 0 Å². The first-order valence-electron chi connectivity index (χ1n) is 4.80. The van der Waals surface area contributed by atoms with Gasteiger partial charge in [-0.15, -0.1) is 0 Å². The molecule has 0 bridgehead atoms. The predicted molar refractivity (Wildman–Crippen MR) is 57.5 cm³/mol. The quantitative estimate of drug-likeness (QED) is 0.805. The van der Waals surface area contributed by atoms with Gasteiger partial charge < -0.3 is 4.74 Å². The Morgan fingerprint density at radius 3 is 2.25 bits per heavy atom. The Morgan fingerprint density at radius 1 is 1.31 bits per heavy atom. The first-order chi connectivity index (χ1) is 7.54. The first-order valence-corrected chi connectivity index (χ1v) is 6.65. The molecule has 88 valence electrons. The number of hydrogen-bond acceptors (Lipinski definition) is 3. The van der Waals surface area contributed by atoms with E-state index in [1.54, 1.807) is 0 Å². The fourth-order valence-corrected chi connectivity index (χ4v) is 2.92. The lowest BCUT2D eigenvalue weighted by atomic mass is 10.3. The molecule has 0 aliphatic carbocycles. The minimum absolute atomic E-state index is 0.0699. The minimum atomic E-state index is -2.24. The van der Waals surface area contributed by atoms with Crippen LogP contribution < -0.4 is 4.74 Å². The summed E-state index contributed by atoms with van der Waals surface area (Å²) in [6.07, 6.45) is 0.851. The topological polar surface area (TPSA) is 38.7 Å². The zero-order valence-electron chi connectivity index (χ0n) is 8.70. The molecule has 1 aliphatic heterocycles. The lowest BCUT2D eigenvalue weighted by Gasteiger charge is -2.17. The Labute approximate surface area is 92.6 Å². The third-order valence-electron chi connectivity index (χ3n) is 2.39. The lowest BCUT2D eigenvalue weighted by Crippen LogP contribution is -2.22. The van der Waals surface area contributed by atoms with Crippen LogP contribution in [0, 0.1) is 11.6 Å². The second-order valence-electron chi connectivity index (χ2n) is 3.57. The summed E-state index contributed by atoms with van der Waals surface area (Å²) in [7, 11) is -1.06. The Hall–Kier alpha value is -1.17. The smallest absolute Gasteiger partial charge is 0.190 e. The lowest BCUT2D eigenvalue weighted by molar-refractivity contribution is 0.360. The molecule has 2 rings (SSSR count). The molecule has 16 heavy (non-hydrogen) atoms. The van der Waals surface area contributed by atoms with Crippen molar-refractivity contribution in [3.05, 3.63) is 23.8 Å². The highest BCUT2D eigenvalue weighted by atomic mass is 32.2. The van der Waals surface area contributed by atoms with Crippen LogP contribution in [0.25, 0.3) is 0 Å². The summed E-state index contributed by atoms with van der Waals surface area (Å²) in [5.74, 6) is -1.10. The Morgan fingerprint density at radius 2 is 1.88 bits per heavy atom. The van der Waals surface area contributed by atoms with Gasteiger partial charge in [0.15, 0.2) is 17.4 Å². The van der Waals surface area contributed by atoms with Crippen molar-refractivity contribution in [3.8, 4) is 5.75 Å². The highest BCUT2D eigenvalue weighted by Gasteiger charge is 2.20. The van der Waals surface area contributed by atoms with Crippen molar-refractivity contribution in [2.45, 2.75) is 6.42 Å². The number of nitrogens with zero attached hydrogens (tertiary/aromatic N) is 1. The normalized spacial score (nSPS) is 17.7. The van der Waals surface area contributed by atoms with E-state index in [0.29, 0.717) is 11.5 Å². The highest BCUT2D eigenvalue weighted by Crippen LogP contribution is 2.29. The van der Waals surface area contributed by atoms with Gasteiger partial charge >= 0.3 is 0 Å². The molecule has 0 atom stereocenters. The molecule has 0 unspecified atom stereocenters. The second kappa shape index (κ2) is 4.01. The Kier molecular flexibility index (Phi) is 2.84. The molecule has 1 aromatic rings. The maximum atomic E-state index is 13.3. The molecule has 1 saturated heterocycles. The van der Waals surface area contributed by atoms with Gasteiger partial charge in [0.05, 0.1) is 22.5 Å². The summed E-state index contributed by atoms with van der Waals surface area (Å²) in [5.41, 5.74) is 0.0699. The van der Waals surface area contributed by atoms with Gasteiger partial charge in [0, 0.05) is 23.6 Å². The maximum Gasteiger partial charge on any atom is 0.190 e. The molecule has 1 fully saturated rings. The van der Waals surface area contributed by atoms with E-state index < -0.39 is 27.1 Å². The van der Waals surface area contributed by atoms with Crippen LogP contribution in [0.3, 0.4) is 0 Å². The molecular weight excluding hydrogens is 236 g/mol. The van der Waals surface area contributed by atoms with Crippen molar-refractivity contribution >= 4 is 15.4 Å². The zero-order valence-corrected chi connectivity index (χ0v) is 9.52. The second-order valence-corrected chi connectivity index (χ2v) is 6.11. The number of hydrogen-bond donors (Lipinski definition) is 0. The first kappa shape index (κ1) is 11.3. The van der Waals surface area contributed by atoms with E-state index in [2.05, 4.69) is 9.10 Å². The van der Waals surface area contributed by atoms with Gasteiger partial charge in [0.2, 0.25) is 0 Å². The molecular formula is C10H11F2NO2S. The Bertz CT molecular complexity index is 503. The van der Waals surface area contributed by atoms with Gasteiger partial charge in [0.25, 0.3) is 0 Å². The van der Waals surface area contributed by atoms with E-state index in [1.165, 1.54) is 7.11 Å². The maximum absolute atomic E-state index is 13.3. The van der Waals surface area contributed by atoms with E-state index in [-0.39, 0.29) is 5.69 Å². The van der Waals surface area contributed by atoms with Crippen LogP contribution in [0.4, 0.5) is 14.5 Å². The van der Waals surface area contributed by atoms with Gasteiger partial charge in [0.1, 0.15) is 0 Å². The SMILES string of the molecule is COc1c(F)cc(N=S2(=O)CCC2)cc1F. The van der Waals surface area contributed by atoms with Crippen molar-refractivity contribution < 1.29 is 17.7 Å². The van der Waals surface area contributed by atoms with Crippen LogP contribution >= 0.6 is 0 Å². The van der Waals surface area contributed by atoms with Crippen molar-refractivity contribution in [2.75, 3.05) is 18.6 Å². The molecule has 1 aliphatic rings. The van der Waals surface area contributed by atoms with Gasteiger partial charge in [-0.25, -0.2) is 13.0 Å². The van der Waals surface area contributed by atoms with Crippen molar-refractivity contribution in [3.63, 3.8) is 0 Å². The molecule has 0 saturated carbocycles. The number of ether oxygens (including phenoxy) is 1. The third kappa shape index (κ3) is 2.02. The third-order valence-corrected chi connectivity index (χ3v) is 4.78. The van der Waals surface area contributed by atoms with E-state index in [4.69, 9.17) is 0 Å². The van der Waals surface area contributed by atoms with E-state index in [0.717, 1.165) is 18.6 Å². The monoisotopic (exact) mass is 247 g/mol. The molecule has 0 spiro atoms. The van der Waals surface area contributed by atoms with Crippen LogP contribution in [0.1, 0.15) is 6.42 Å². The van der Waals surface area contributed by atoms with Gasteiger partial charge in [-0.3, -0.25) is 0 Å². The molecule has 3 nitrogen and oxygen atoms in total. The Balaban J connectivity index is 2.45. The van der Waals surface area contributed by atoms with Gasteiger partial charge in [-0.05, 0) is 6.42 Å². The standard InChI is InChI=1S/C10H11F2NO2S/c1-15-10-8(11)5-7(6-9(10)12)13-16(14)3-2-4-16/h5-6H,2-4H2,1H3. The van der Waals surface area contributed by atoms with Crippen LogP contribution in [0.5, 0.6) is 5.75 Å². The summed E-state index contributed by atoms with van der Waals surface area (Å²) >= 11 is 0. The fraction of sp³-hybridized carbons (Fsp3) is 0.400. The molecule has 6 heteroatoms. The van der Waals surface area contributed by atoms with Crippen LogP contribution in [0.15, 0.2) is 16.5 Å². The average molecular weight is 247 g/mol. The summed E-state index contributed by atoms with van der Waals surface area (Å²) in [4.78, 5) is 0. The van der Waals surface area contributed by atoms with Crippen LogP contribution in [-0.2, 0) is 9.73 Å². The number of rotatable bonds is 2. The molecule has 1 heterocycles. The number of halogens is 2. The largest absolute Gasteiger partial charge is 0.491 e. The van der Waals surface area contributed by atoms with E-state index in [9.17, 15) is 13.0 Å². The molecule has 0 radical (unpaired) electrons. The summed E-state index contributed by atoms with van der Waals surface area (Å²) in [6, 6.07) is 2.07. The predicted octanol–water partition coefficient (Wildman–Crippen LogP) is 2.48. The molecule has 0 amide bonds. The summed E-state index contributed by atoms with van der Waals surface area (Å²) in [6.45, 7) is 0. The van der Waals surface area contributed by atoms with E-state index in [1.807, 2.05) is 0 Å². The fourth-order valence-electron chi connectivity index (χ4n) is 1.47. The van der Waals surface area contributed by atoms with Crippen LogP contribution in [0.2, 0.25) is 0 Å². The minimum Gasteiger partial charge on any atom is -0.491 e. The van der Waals surface area contributed by atoms with Crippen molar-refractivity contribution in [1.82, 2.24) is 0 Å². The van der Waals surface area contributed by atoms with Gasteiger partial charge in [-0.1, -0.05) is 0 Å². The van der Waals surface area contributed by atoms with Crippen molar-refractivity contribution in [2.24, 2.45) is 4.36 Å². The highest BCUT2D eigenvalue weighted by molar-refractivity contribution is 7.95. The molecule has 1 aromatic carbocycles. The van der Waals surface area contributed by atoms with Crippen molar-refractivity contribution in [1.29, 1.82) is 0 Å². The van der Waals surface area contributed by atoms with Crippen LogP contribution in [-0.4, -0.2) is 22.8 Å². The number of benzene rings is 1.